The van der Waals surface area contributed by atoms with E-state index < -0.39 is 0 Å². The van der Waals surface area contributed by atoms with Crippen molar-refractivity contribution in [2.75, 3.05) is 24.7 Å². The molecule has 1 heterocycles. The van der Waals surface area contributed by atoms with Crippen LogP contribution in [0.25, 0.3) is 0 Å². The Bertz CT molecular complexity index is 363. The second-order valence-corrected chi connectivity index (χ2v) is 5.26. The molecular weight excluding hydrogens is 304 g/mol. The molecule has 0 saturated carbocycles. The van der Waals surface area contributed by atoms with Gasteiger partial charge in [0, 0.05) is 25.1 Å². The molecule has 0 aliphatic heterocycles. The van der Waals surface area contributed by atoms with Crippen LogP contribution < -0.4 is 5.32 Å². The van der Waals surface area contributed by atoms with Crippen molar-refractivity contribution < 1.29 is 9.90 Å². The number of halogens is 1. The van der Waals surface area contributed by atoms with E-state index >= 15 is 0 Å². The molecule has 6 heteroatoms. The summed E-state index contributed by atoms with van der Waals surface area (Å²) < 4.78 is 0.561. The number of nitrogens with one attached hydrogen (secondary N) is 1. The van der Waals surface area contributed by atoms with Crippen LogP contribution in [-0.4, -0.2) is 40.7 Å². The maximum atomic E-state index is 11.7. The zero-order valence-corrected chi connectivity index (χ0v) is 11.8. The lowest BCUT2D eigenvalue weighted by atomic mass is 10.3. The Balaban J connectivity index is 2.24. The first kappa shape index (κ1) is 14.5. The van der Waals surface area contributed by atoms with Gasteiger partial charge in [-0.25, -0.2) is 4.98 Å². The first-order chi connectivity index (χ1) is 8.25. The first-order valence-electron chi connectivity index (χ1n) is 5.33. The number of carbonyl (C=O) groups is 1. The van der Waals surface area contributed by atoms with Crippen molar-refractivity contribution in [2.45, 2.75) is 6.42 Å². The number of nitrogens with zero attached hydrogens (tertiary/aromatic N) is 1. The number of rotatable bonds is 7. The highest BCUT2D eigenvalue weighted by Crippen LogP contribution is 2.12. The highest BCUT2D eigenvalue weighted by molar-refractivity contribution is 9.10. The number of pyridine rings is 1. The van der Waals surface area contributed by atoms with Gasteiger partial charge < -0.3 is 10.4 Å². The van der Waals surface area contributed by atoms with E-state index in [-0.39, 0.29) is 12.5 Å². The highest BCUT2D eigenvalue weighted by Gasteiger charge is 2.08. The summed E-state index contributed by atoms with van der Waals surface area (Å²) in [5.41, 5.74) is 0.549. The lowest BCUT2D eigenvalue weighted by molar-refractivity contribution is 0.0955. The number of hydrogen-bond acceptors (Lipinski definition) is 4. The van der Waals surface area contributed by atoms with Crippen molar-refractivity contribution >= 4 is 33.6 Å². The van der Waals surface area contributed by atoms with E-state index in [1.165, 1.54) is 0 Å². The number of carbonyl (C=O) groups excluding carboxylic acids is 1. The lowest BCUT2D eigenvalue weighted by Gasteiger charge is -2.05. The van der Waals surface area contributed by atoms with Gasteiger partial charge in [-0.3, -0.25) is 4.79 Å². The zero-order chi connectivity index (χ0) is 12.5. The number of aliphatic hydroxyl groups is 1. The van der Waals surface area contributed by atoms with Gasteiger partial charge in [-0.05, 0) is 40.2 Å². The van der Waals surface area contributed by atoms with Crippen molar-refractivity contribution in [3.8, 4) is 0 Å². The summed E-state index contributed by atoms with van der Waals surface area (Å²) in [5, 5.41) is 11.4. The SMILES string of the molecule is O=C(NCCSCCCO)c1cccnc1Br. The third-order valence-corrected chi connectivity index (χ3v) is 3.68. The van der Waals surface area contributed by atoms with E-state index in [9.17, 15) is 4.79 Å². The van der Waals surface area contributed by atoms with Crippen LogP contribution in [0.5, 0.6) is 0 Å². The van der Waals surface area contributed by atoms with Crippen LogP contribution >= 0.6 is 27.7 Å². The molecule has 1 aromatic heterocycles. The van der Waals surface area contributed by atoms with Gasteiger partial charge in [0.15, 0.2) is 0 Å². The second kappa shape index (κ2) is 8.49. The molecule has 1 aromatic rings. The third-order valence-electron chi connectivity index (χ3n) is 1.98. The molecule has 0 spiro atoms. The molecule has 0 aliphatic rings. The van der Waals surface area contributed by atoms with Gasteiger partial charge in [0.2, 0.25) is 0 Å². The molecule has 0 bridgehead atoms. The number of amides is 1. The number of aromatic nitrogens is 1. The standard InChI is InChI=1S/C11H15BrN2O2S/c12-10-9(3-1-4-13-10)11(16)14-5-8-17-7-2-6-15/h1,3-4,15H,2,5-8H2,(H,14,16). The van der Waals surface area contributed by atoms with Crippen molar-refractivity contribution in [1.82, 2.24) is 10.3 Å². The molecular formula is C11H15BrN2O2S. The predicted octanol–water partition coefficient (Wildman–Crippen LogP) is 1.69. The Morgan fingerprint density at radius 3 is 3.06 bits per heavy atom. The van der Waals surface area contributed by atoms with Crippen molar-refractivity contribution in [3.63, 3.8) is 0 Å². The van der Waals surface area contributed by atoms with Gasteiger partial charge >= 0.3 is 0 Å². The van der Waals surface area contributed by atoms with Gasteiger partial charge in [-0.15, -0.1) is 0 Å². The minimum Gasteiger partial charge on any atom is -0.396 e. The van der Waals surface area contributed by atoms with Crippen LogP contribution in [-0.2, 0) is 0 Å². The van der Waals surface area contributed by atoms with E-state index in [1.807, 2.05) is 0 Å². The number of thioether (sulfide) groups is 1. The largest absolute Gasteiger partial charge is 0.396 e. The van der Waals surface area contributed by atoms with Crippen LogP contribution in [0.3, 0.4) is 0 Å². The fourth-order valence-corrected chi connectivity index (χ4v) is 2.37. The lowest BCUT2D eigenvalue weighted by Crippen LogP contribution is -2.26. The second-order valence-electron chi connectivity index (χ2n) is 3.29. The maximum absolute atomic E-state index is 11.7. The minimum absolute atomic E-state index is 0.118. The highest BCUT2D eigenvalue weighted by atomic mass is 79.9. The molecule has 2 N–H and O–H groups in total. The van der Waals surface area contributed by atoms with Gasteiger partial charge in [-0.1, -0.05) is 0 Å². The van der Waals surface area contributed by atoms with E-state index in [2.05, 4.69) is 26.2 Å². The van der Waals surface area contributed by atoms with E-state index in [0.29, 0.717) is 16.7 Å². The van der Waals surface area contributed by atoms with E-state index in [0.717, 1.165) is 17.9 Å². The van der Waals surface area contributed by atoms with Crippen LogP contribution in [0.15, 0.2) is 22.9 Å². The summed E-state index contributed by atoms with van der Waals surface area (Å²) in [4.78, 5) is 15.7. The minimum atomic E-state index is -0.118. The molecule has 0 fully saturated rings. The Labute approximate surface area is 113 Å². The molecule has 94 valence electrons. The molecule has 4 nitrogen and oxygen atoms in total. The quantitative estimate of drug-likeness (QED) is 0.593. The molecule has 0 radical (unpaired) electrons. The fraction of sp³-hybridized carbons (Fsp3) is 0.455. The fourth-order valence-electron chi connectivity index (χ4n) is 1.16. The average Bonchev–Trinajstić information content (AvgIpc) is 2.34. The molecule has 1 rings (SSSR count). The normalized spacial score (nSPS) is 10.2. The van der Waals surface area contributed by atoms with Gasteiger partial charge in [0.1, 0.15) is 4.60 Å². The van der Waals surface area contributed by atoms with Crippen LogP contribution in [0.2, 0.25) is 0 Å². The number of hydrogen-bond donors (Lipinski definition) is 2. The Kier molecular flexibility index (Phi) is 7.23. The van der Waals surface area contributed by atoms with Crippen molar-refractivity contribution in [1.29, 1.82) is 0 Å². The molecule has 0 unspecified atom stereocenters. The van der Waals surface area contributed by atoms with Crippen LogP contribution in [0.4, 0.5) is 0 Å². The van der Waals surface area contributed by atoms with Crippen molar-refractivity contribution in [3.05, 3.63) is 28.5 Å². The first-order valence-corrected chi connectivity index (χ1v) is 7.28. The number of aliphatic hydroxyl groups excluding tert-OH is 1. The zero-order valence-electron chi connectivity index (χ0n) is 9.36. The summed E-state index contributed by atoms with van der Waals surface area (Å²) in [7, 11) is 0. The molecule has 0 saturated heterocycles. The van der Waals surface area contributed by atoms with Gasteiger partial charge in [0.05, 0.1) is 5.56 Å². The topological polar surface area (TPSA) is 62.2 Å². The molecule has 0 atom stereocenters. The predicted molar refractivity (Wildman–Crippen MR) is 73.3 cm³/mol. The summed E-state index contributed by atoms with van der Waals surface area (Å²) in [5.74, 6) is 1.65. The van der Waals surface area contributed by atoms with Crippen LogP contribution in [0.1, 0.15) is 16.8 Å². The van der Waals surface area contributed by atoms with E-state index in [4.69, 9.17) is 5.11 Å². The van der Waals surface area contributed by atoms with Crippen molar-refractivity contribution in [2.24, 2.45) is 0 Å². The van der Waals surface area contributed by atoms with E-state index in [1.54, 1.807) is 30.1 Å². The maximum Gasteiger partial charge on any atom is 0.254 e. The summed E-state index contributed by atoms with van der Waals surface area (Å²) >= 11 is 4.95. The summed E-state index contributed by atoms with van der Waals surface area (Å²) in [6, 6.07) is 3.46. The monoisotopic (exact) mass is 318 g/mol. The van der Waals surface area contributed by atoms with Gasteiger partial charge in [0.25, 0.3) is 5.91 Å². The Morgan fingerprint density at radius 1 is 1.53 bits per heavy atom. The Morgan fingerprint density at radius 2 is 2.35 bits per heavy atom. The molecule has 17 heavy (non-hydrogen) atoms. The summed E-state index contributed by atoms with van der Waals surface area (Å²) in [6.07, 6.45) is 2.43. The smallest absolute Gasteiger partial charge is 0.254 e. The third kappa shape index (κ3) is 5.52. The molecule has 0 aromatic carbocycles. The van der Waals surface area contributed by atoms with Crippen LogP contribution in [0, 0.1) is 0 Å². The Hall–Kier alpha value is -0.590. The molecule has 1 amide bonds. The average molecular weight is 319 g/mol. The van der Waals surface area contributed by atoms with Gasteiger partial charge in [-0.2, -0.15) is 11.8 Å². The summed E-state index contributed by atoms with van der Waals surface area (Å²) in [6.45, 7) is 0.845. The molecule has 0 aliphatic carbocycles.